The maximum atomic E-state index is 11.8. The highest BCUT2D eigenvalue weighted by Gasteiger charge is 2.21. The molecule has 2 aromatic carbocycles. The Morgan fingerprint density at radius 2 is 1.83 bits per heavy atom. The molecule has 30 heavy (non-hydrogen) atoms. The molecule has 0 radical (unpaired) electrons. The van der Waals surface area contributed by atoms with Crippen LogP contribution in [0.1, 0.15) is 24.8 Å². The summed E-state index contributed by atoms with van der Waals surface area (Å²) in [4.78, 5) is 15.2. The van der Waals surface area contributed by atoms with Gasteiger partial charge in [-0.1, -0.05) is 24.3 Å². The predicted octanol–water partition coefficient (Wildman–Crippen LogP) is 4.31. The van der Waals surface area contributed by atoms with E-state index in [-0.39, 0.29) is 12.0 Å². The lowest BCUT2D eigenvalue weighted by molar-refractivity contribution is -0.114. The molecule has 6 nitrogen and oxygen atoms in total. The maximum absolute atomic E-state index is 11.8. The van der Waals surface area contributed by atoms with E-state index in [0.29, 0.717) is 22.9 Å². The first-order valence-electron chi connectivity index (χ1n) is 9.62. The molecule has 2 unspecified atom stereocenters. The quantitative estimate of drug-likeness (QED) is 0.559. The van der Waals surface area contributed by atoms with Crippen molar-refractivity contribution in [1.82, 2.24) is 4.72 Å². The summed E-state index contributed by atoms with van der Waals surface area (Å²) in [6.07, 6.45) is 6.40. The van der Waals surface area contributed by atoms with Crippen molar-refractivity contribution in [2.24, 2.45) is 0 Å². The van der Waals surface area contributed by atoms with Gasteiger partial charge in [-0.3, -0.25) is 9.52 Å². The molecule has 2 aliphatic rings. The Balaban J connectivity index is 1.34. The zero-order valence-corrected chi connectivity index (χ0v) is 17.0. The SMILES string of the molecule is [C-]#[N+]c1ccc(OC2C=C(COc3ccc(C4=CC(=O)NS4=O)cc3)CCC2)cc1. The fourth-order valence-electron chi connectivity index (χ4n) is 3.38. The zero-order valence-electron chi connectivity index (χ0n) is 16.2. The largest absolute Gasteiger partial charge is 0.489 e. The van der Waals surface area contributed by atoms with E-state index in [2.05, 4.69) is 15.6 Å². The lowest BCUT2D eigenvalue weighted by Gasteiger charge is -2.22. The van der Waals surface area contributed by atoms with Gasteiger partial charge in [0.25, 0.3) is 5.91 Å². The summed E-state index contributed by atoms with van der Waals surface area (Å²) >= 11 is 0. The van der Waals surface area contributed by atoms with Crippen LogP contribution in [-0.2, 0) is 15.8 Å². The Morgan fingerprint density at radius 1 is 1.10 bits per heavy atom. The predicted molar refractivity (Wildman–Crippen MR) is 115 cm³/mol. The Morgan fingerprint density at radius 3 is 2.50 bits per heavy atom. The molecule has 1 aliphatic heterocycles. The van der Waals surface area contributed by atoms with Crippen molar-refractivity contribution in [2.45, 2.75) is 25.4 Å². The lowest BCUT2D eigenvalue weighted by atomic mass is 9.98. The number of nitrogens with zero attached hydrogens (tertiary/aromatic N) is 1. The van der Waals surface area contributed by atoms with Gasteiger partial charge in [-0.2, -0.15) is 0 Å². The summed E-state index contributed by atoms with van der Waals surface area (Å²) in [7, 11) is -1.50. The van der Waals surface area contributed by atoms with Gasteiger partial charge in [0.15, 0.2) is 16.7 Å². The van der Waals surface area contributed by atoms with Crippen LogP contribution in [0.15, 0.2) is 66.3 Å². The van der Waals surface area contributed by atoms with Gasteiger partial charge in [-0.25, -0.2) is 9.05 Å². The van der Waals surface area contributed by atoms with Crippen molar-refractivity contribution in [1.29, 1.82) is 0 Å². The molecule has 0 bridgehead atoms. The summed E-state index contributed by atoms with van der Waals surface area (Å²) in [6.45, 7) is 7.49. The van der Waals surface area contributed by atoms with Crippen LogP contribution in [0.3, 0.4) is 0 Å². The lowest BCUT2D eigenvalue weighted by Crippen LogP contribution is -2.19. The third-order valence-electron chi connectivity index (χ3n) is 4.88. The Bertz CT molecular complexity index is 1070. The van der Waals surface area contributed by atoms with Crippen LogP contribution >= 0.6 is 0 Å². The smallest absolute Gasteiger partial charge is 0.257 e. The minimum Gasteiger partial charge on any atom is -0.489 e. The molecule has 1 N–H and O–H groups in total. The van der Waals surface area contributed by atoms with E-state index in [4.69, 9.17) is 16.0 Å². The van der Waals surface area contributed by atoms with Crippen LogP contribution in [0, 0.1) is 6.57 Å². The van der Waals surface area contributed by atoms with E-state index >= 15 is 0 Å². The monoisotopic (exact) mass is 420 g/mol. The van der Waals surface area contributed by atoms with Gasteiger partial charge >= 0.3 is 0 Å². The number of nitrogens with one attached hydrogen (secondary N) is 1. The van der Waals surface area contributed by atoms with E-state index in [0.717, 1.165) is 30.6 Å². The van der Waals surface area contributed by atoms with Crippen LogP contribution in [0.5, 0.6) is 11.5 Å². The Hall–Kier alpha value is -3.37. The highest BCUT2D eigenvalue weighted by atomic mass is 32.2. The third kappa shape index (κ3) is 4.78. The zero-order chi connectivity index (χ0) is 20.9. The minimum atomic E-state index is -1.50. The van der Waals surface area contributed by atoms with E-state index in [1.165, 1.54) is 11.6 Å². The summed E-state index contributed by atoms with van der Waals surface area (Å²) in [6, 6.07) is 14.4. The molecule has 0 aromatic heterocycles. The van der Waals surface area contributed by atoms with Crippen molar-refractivity contribution >= 4 is 27.5 Å². The van der Waals surface area contributed by atoms with Crippen molar-refractivity contribution in [3.8, 4) is 11.5 Å². The second-order valence-corrected chi connectivity index (χ2v) is 8.22. The van der Waals surface area contributed by atoms with E-state index < -0.39 is 11.0 Å². The standard InChI is InChI=1S/C23H20N2O4S/c1-24-18-7-11-20(12-8-18)29-21-4-2-3-16(13-21)15-28-19-9-5-17(6-10-19)22-14-23(26)25-30(22)27/h5-14,21H,2-4,15H2,(H,25,26). The molecular formula is C23H20N2O4S. The molecule has 152 valence electrons. The van der Waals surface area contributed by atoms with Crippen molar-refractivity contribution in [3.05, 3.63) is 83.2 Å². The number of hydrogen-bond donors (Lipinski definition) is 1. The topological polar surface area (TPSA) is 69.0 Å². The first kappa shape index (κ1) is 19.9. The summed E-state index contributed by atoms with van der Waals surface area (Å²) in [5.74, 6) is 1.13. The molecular weight excluding hydrogens is 400 g/mol. The number of carbonyl (C=O) groups is 1. The maximum Gasteiger partial charge on any atom is 0.257 e. The van der Waals surface area contributed by atoms with E-state index in [1.54, 1.807) is 24.3 Å². The Labute approximate surface area is 177 Å². The third-order valence-corrected chi connectivity index (χ3v) is 6.02. The molecule has 4 rings (SSSR count). The van der Waals surface area contributed by atoms with E-state index in [9.17, 15) is 9.00 Å². The van der Waals surface area contributed by atoms with Crippen molar-refractivity contribution < 1.29 is 18.5 Å². The number of benzene rings is 2. The molecule has 7 heteroatoms. The van der Waals surface area contributed by atoms with Gasteiger partial charge in [-0.15, -0.1) is 0 Å². The van der Waals surface area contributed by atoms with Crippen molar-refractivity contribution in [2.75, 3.05) is 6.61 Å². The molecule has 0 fully saturated rings. The summed E-state index contributed by atoms with van der Waals surface area (Å²) in [5.41, 5.74) is 2.51. The van der Waals surface area contributed by atoms with Gasteiger partial charge in [0.05, 0.1) is 11.5 Å². The molecule has 1 amide bonds. The number of rotatable bonds is 6. The normalized spacial score (nSPS) is 20.6. The fourth-order valence-corrected chi connectivity index (χ4v) is 4.29. The minimum absolute atomic E-state index is 0.00663. The Kier molecular flexibility index (Phi) is 5.96. The van der Waals surface area contributed by atoms with Crippen LogP contribution in [0.2, 0.25) is 0 Å². The molecule has 2 atom stereocenters. The van der Waals surface area contributed by atoms with E-state index in [1.807, 2.05) is 24.3 Å². The number of ether oxygens (including phenoxy) is 2. The summed E-state index contributed by atoms with van der Waals surface area (Å²) < 4.78 is 26.1. The van der Waals surface area contributed by atoms with Crippen molar-refractivity contribution in [3.63, 3.8) is 0 Å². The average Bonchev–Trinajstić information content (AvgIpc) is 3.11. The van der Waals surface area contributed by atoms with Crippen LogP contribution in [0.25, 0.3) is 9.75 Å². The average molecular weight is 420 g/mol. The molecule has 0 saturated heterocycles. The molecule has 1 heterocycles. The van der Waals surface area contributed by atoms with Gasteiger partial charge < -0.3 is 9.47 Å². The van der Waals surface area contributed by atoms with Crippen LogP contribution in [-0.4, -0.2) is 22.8 Å². The van der Waals surface area contributed by atoms with Crippen LogP contribution in [0.4, 0.5) is 5.69 Å². The van der Waals surface area contributed by atoms with Gasteiger partial charge in [-0.05, 0) is 60.7 Å². The van der Waals surface area contributed by atoms with Gasteiger partial charge in [0, 0.05) is 6.08 Å². The highest BCUT2D eigenvalue weighted by Crippen LogP contribution is 2.26. The molecule has 1 aliphatic carbocycles. The second kappa shape index (κ2) is 8.97. The van der Waals surface area contributed by atoms with Gasteiger partial charge in [0.1, 0.15) is 24.2 Å². The first-order valence-corrected chi connectivity index (χ1v) is 10.8. The second-order valence-electron chi connectivity index (χ2n) is 7.04. The fraction of sp³-hybridized carbons (Fsp3) is 0.217. The first-order chi connectivity index (χ1) is 14.6. The highest BCUT2D eigenvalue weighted by molar-refractivity contribution is 7.93. The van der Waals surface area contributed by atoms with Crippen LogP contribution < -0.4 is 14.2 Å². The molecule has 0 spiro atoms. The van der Waals surface area contributed by atoms with Gasteiger partial charge in [0.2, 0.25) is 0 Å². The molecule has 2 aromatic rings. The number of amides is 1. The number of hydrogen-bond acceptors (Lipinski definition) is 4. The summed E-state index contributed by atoms with van der Waals surface area (Å²) in [5, 5.41) is 0. The molecule has 0 saturated carbocycles. The number of carbonyl (C=O) groups excluding carboxylic acids is 1.